The van der Waals surface area contributed by atoms with Crippen molar-refractivity contribution in [2.24, 2.45) is 0 Å². The van der Waals surface area contributed by atoms with Crippen LogP contribution in [0.1, 0.15) is 37.9 Å². The maximum Gasteiger partial charge on any atom is 0.221 e. The Labute approximate surface area is 96.7 Å². The molecular formula is C12H19N3O. The molecule has 88 valence electrons. The van der Waals surface area contributed by atoms with Crippen LogP contribution in [0, 0.1) is 6.92 Å². The van der Waals surface area contributed by atoms with E-state index in [1.165, 1.54) is 0 Å². The van der Waals surface area contributed by atoms with Crippen LogP contribution in [-0.4, -0.2) is 27.5 Å². The number of ether oxygens (including phenoxy) is 1. The maximum absolute atomic E-state index is 5.32. The van der Waals surface area contributed by atoms with E-state index in [0.29, 0.717) is 0 Å². The molecule has 0 radical (unpaired) electrons. The second kappa shape index (κ2) is 3.70. The number of nitrogens with zero attached hydrogens (tertiary/aromatic N) is 3. The van der Waals surface area contributed by atoms with Gasteiger partial charge in [-0.05, 0) is 27.7 Å². The lowest BCUT2D eigenvalue weighted by Crippen LogP contribution is -2.36. The third-order valence-electron chi connectivity index (χ3n) is 3.00. The van der Waals surface area contributed by atoms with E-state index in [1.54, 1.807) is 7.11 Å². The molecule has 0 fully saturated rings. The molecule has 0 atom stereocenters. The smallest absolute Gasteiger partial charge is 0.221 e. The SMILES string of the molecule is COc1nc(C)nc2c1CN(C(C)(C)C)C2. The first kappa shape index (κ1) is 11.3. The van der Waals surface area contributed by atoms with Crippen molar-refractivity contribution >= 4 is 0 Å². The van der Waals surface area contributed by atoms with Crippen molar-refractivity contribution < 1.29 is 4.74 Å². The van der Waals surface area contributed by atoms with Crippen molar-refractivity contribution in [3.8, 4) is 5.88 Å². The van der Waals surface area contributed by atoms with E-state index in [4.69, 9.17) is 4.74 Å². The Hall–Kier alpha value is -1.16. The number of methoxy groups -OCH3 is 1. The van der Waals surface area contributed by atoms with Gasteiger partial charge in [0, 0.05) is 18.6 Å². The molecule has 1 aromatic rings. The third kappa shape index (κ3) is 1.89. The lowest BCUT2D eigenvalue weighted by molar-refractivity contribution is 0.135. The highest BCUT2D eigenvalue weighted by molar-refractivity contribution is 5.34. The minimum atomic E-state index is 0.152. The van der Waals surface area contributed by atoms with Crippen molar-refractivity contribution in [3.05, 3.63) is 17.1 Å². The van der Waals surface area contributed by atoms with Crippen LogP contribution in [0.15, 0.2) is 0 Å². The van der Waals surface area contributed by atoms with Gasteiger partial charge in [0.2, 0.25) is 5.88 Å². The predicted molar refractivity (Wildman–Crippen MR) is 62.3 cm³/mol. The zero-order valence-corrected chi connectivity index (χ0v) is 10.7. The second-order valence-electron chi connectivity index (χ2n) is 5.23. The lowest BCUT2D eigenvalue weighted by Gasteiger charge is -2.30. The first-order chi connectivity index (χ1) is 7.41. The van der Waals surface area contributed by atoms with Crippen LogP contribution in [0.2, 0.25) is 0 Å². The van der Waals surface area contributed by atoms with Gasteiger partial charge in [0.05, 0.1) is 18.4 Å². The summed E-state index contributed by atoms with van der Waals surface area (Å²) < 4.78 is 5.32. The zero-order valence-electron chi connectivity index (χ0n) is 10.7. The van der Waals surface area contributed by atoms with Crippen molar-refractivity contribution in [3.63, 3.8) is 0 Å². The number of fused-ring (bicyclic) bond motifs is 1. The van der Waals surface area contributed by atoms with Crippen LogP contribution in [0.3, 0.4) is 0 Å². The Morgan fingerprint density at radius 3 is 2.44 bits per heavy atom. The van der Waals surface area contributed by atoms with Crippen LogP contribution in [0.25, 0.3) is 0 Å². The summed E-state index contributed by atoms with van der Waals surface area (Å²) in [5, 5.41) is 0. The van der Waals surface area contributed by atoms with E-state index in [0.717, 1.165) is 36.1 Å². The number of hydrogen-bond acceptors (Lipinski definition) is 4. The largest absolute Gasteiger partial charge is 0.481 e. The Morgan fingerprint density at radius 2 is 1.88 bits per heavy atom. The fourth-order valence-corrected chi connectivity index (χ4v) is 1.99. The molecule has 1 aromatic heterocycles. The van der Waals surface area contributed by atoms with Gasteiger partial charge in [-0.15, -0.1) is 0 Å². The van der Waals surface area contributed by atoms with E-state index < -0.39 is 0 Å². The molecule has 0 N–H and O–H groups in total. The van der Waals surface area contributed by atoms with Gasteiger partial charge in [-0.2, -0.15) is 4.98 Å². The molecule has 0 spiro atoms. The number of aromatic nitrogens is 2. The van der Waals surface area contributed by atoms with E-state index in [1.807, 2.05) is 6.92 Å². The monoisotopic (exact) mass is 221 g/mol. The van der Waals surface area contributed by atoms with Gasteiger partial charge in [0.15, 0.2) is 0 Å². The molecule has 0 unspecified atom stereocenters. The molecule has 0 aromatic carbocycles. The summed E-state index contributed by atoms with van der Waals surface area (Å²) in [6.07, 6.45) is 0. The van der Waals surface area contributed by atoms with Gasteiger partial charge >= 0.3 is 0 Å². The minimum absolute atomic E-state index is 0.152. The molecule has 0 bridgehead atoms. The van der Waals surface area contributed by atoms with Crippen molar-refractivity contribution in [2.45, 2.75) is 46.3 Å². The maximum atomic E-state index is 5.32. The summed E-state index contributed by atoms with van der Waals surface area (Å²) in [5.41, 5.74) is 2.40. The molecular weight excluding hydrogens is 202 g/mol. The predicted octanol–water partition coefficient (Wildman–Crippen LogP) is 1.91. The molecule has 4 heteroatoms. The van der Waals surface area contributed by atoms with Gasteiger partial charge < -0.3 is 4.74 Å². The molecule has 1 aliphatic rings. The molecule has 2 rings (SSSR count). The summed E-state index contributed by atoms with van der Waals surface area (Å²) in [6, 6.07) is 0. The van der Waals surface area contributed by atoms with Crippen molar-refractivity contribution in [1.29, 1.82) is 0 Å². The molecule has 0 saturated carbocycles. The van der Waals surface area contributed by atoms with E-state index in [9.17, 15) is 0 Å². The van der Waals surface area contributed by atoms with Crippen LogP contribution in [-0.2, 0) is 13.1 Å². The molecule has 2 heterocycles. The molecule has 0 saturated heterocycles. The number of hydrogen-bond donors (Lipinski definition) is 0. The summed E-state index contributed by atoms with van der Waals surface area (Å²) in [4.78, 5) is 11.2. The fraction of sp³-hybridized carbons (Fsp3) is 0.667. The Kier molecular flexibility index (Phi) is 2.62. The van der Waals surface area contributed by atoms with Crippen molar-refractivity contribution in [2.75, 3.05) is 7.11 Å². The summed E-state index contributed by atoms with van der Waals surface area (Å²) >= 11 is 0. The first-order valence-electron chi connectivity index (χ1n) is 5.57. The average Bonchev–Trinajstić information content (AvgIpc) is 2.59. The van der Waals surface area contributed by atoms with E-state index >= 15 is 0 Å². The first-order valence-corrected chi connectivity index (χ1v) is 5.57. The van der Waals surface area contributed by atoms with Gasteiger partial charge in [-0.3, -0.25) is 4.90 Å². The van der Waals surface area contributed by atoms with Crippen LogP contribution >= 0.6 is 0 Å². The molecule has 16 heavy (non-hydrogen) atoms. The Morgan fingerprint density at radius 1 is 1.19 bits per heavy atom. The fourth-order valence-electron chi connectivity index (χ4n) is 1.99. The Bertz CT molecular complexity index is 409. The topological polar surface area (TPSA) is 38.3 Å². The number of aryl methyl sites for hydroxylation is 1. The standard InChI is InChI=1S/C12H19N3O/c1-8-13-10-7-15(12(2,3)4)6-9(10)11(14-8)16-5/h6-7H2,1-5H3. The lowest BCUT2D eigenvalue weighted by atomic mass is 10.1. The molecule has 4 nitrogen and oxygen atoms in total. The van der Waals surface area contributed by atoms with Crippen LogP contribution < -0.4 is 4.74 Å². The Balaban J connectivity index is 2.37. The third-order valence-corrected chi connectivity index (χ3v) is 3.00. The van der Waals surface area contributed by atoms with Crippen LogP contribution in [0.5, 0.6) is 5.88 Å². The average molecular weight is 221 g/mol. The van der Waals surface area contributed by atoms with Crippen molar-refractivity contribution in [1.82, 2.24) is 14.9 Å². The van der Waals surface area contributed by atoms with Gasteiger partial charge in [0.25, 0.3) is 0 Å². The van der Waals surface area contributed by atoms with Gasteiger partial charge in [-0.1, -0.05) is 0 Å². The minimum Gasteiger partial charge on any atom is -0.481 e. The quantitative estimate of drug-likeness (QED) is 0.726. The van der Waals surface area contributed by atoms with E-state index in [2.05, 4.69) is 35.6 Å². The highest BCUT2D eigenvalue weighted by Gasteiger charge is 2.31. The second-order valence-corrected chi connectivity index (χ2v) is 5.23. The molecule has 1 aliphatic heterocycles. The summed E-state index contributed by atoms with van der Waals surface area (Å²) in [7, 11) is 1.67. The summed E-state index contributed by atoms with van der Waals surface area (Å²) in [6.45, 7) is 10.3. The van der Waals surface area contributed by atoms with Gasteiger partial charge in [0.1, 0.15) is 5.82 Å². The van der Waals surface area contributed by atoms with E-state index in [-0.39, 0.29) is 5.54 Å². The highest BCUT2D eigenvalue weighted by Crippen LogP contribution is 2.32. The molecule has 0 amide bonds. The number of rotatable bonds is 1. The van der Waals surface area contributed by atoms with Crippen LogP contribution in [0.4, 0.5) is 0 Å². The normalized spacial score (nSPS) is 16.3. The zero-order chi connectivity index (χ0) is 11.9. The van der Waals surface area contributed by atoms with Gasteiger partial charge in [-0.25, -0.2) is 4.98 Å². The molecule has 0 aliphatic carbocycles. The summed E-state index contributed by atoms with van der Waals surface area (Å²) in [5.74, 6) is 1.51. The highest BCUT2D eigenvalue weighted by atomic mass is 16.5.